The number of benzene rings is 1. The Morgan fingerprint density at radius 3 is 2.31 bits per heavy atom. The maximum Gasteiger partial charge on any atom is 0.269 e. The highest BCUT2D eigenvalue weighted by molar-refractivity contribution is 7.82. The highest BCUT2D eigenvalue weighted by Crippen LogP contribution is 2.14. The number of fused-ring (bicyclic) bond motifs is 1. The van der Waals surface area contributed by atoms with Gasteiger partial charge in [-0.1, -0.05) is 30.4 Å². The molecular formula is C9H5NO2S. The van der Waals surface area contributed by atoms with E-state index in [1.807, 2.05) is 0 Å². The minimum atomic E-state index is -0.487. The number of thiocarbonyl (C=S) groups is 1. The molecule has 0 atom stereocenters. The van der Waals surface area contributed by atoms with Crippen molar-refractivity contribution in [3.8, 4) is 0 Å². The second-order valence-electron chi connectivity index (χ2n) is 2.66. The molecule has 0 saturated heterocycles. The predicted octanol–water partition coefficient (Wildman–Crippen LogP) is 0.675. The lowest BCUT2D eigenvalue weighted by atomic mass is 10.0. The molecule has 1 aliphatic rings. The van der Waals surface area contributed by atoms with Gasteiger partial charge in [-0.3, -0.25) is 14.9 Å². The second-order valence-corrected chi connectivity index (χ2v) is 3.07. The summed E-state index contributed by atoms with van der Waals surface area (Å²) < 4.78 is 0. The van der Waals surface area contributed by atoms with Gasteiger partial charge in [0.1, 0.15) is 4.86 Å². The van der Waals surface area contributed by atoms with Crippen molar-refractivity contribution in [3.63, 3.8) is 0 Å². The van der Waals surface area contributed by atoms with E-state index in [0.717, 1.165) is 0 Å². The van der Waals surface area contributed by atoms with Gasteiger partial charge in [0, 0.05) is 11.1 Å². The van der Waals surface area contributed by atoms with E-state index in [9.17, 15) is 9.59 Å². The van der Waals surface area contributed by atoms with Gasteiger partial charge >= 0.3 is 0 Å². The van der Waals surface area contributed by atoms with Gasteiger partial charge in [-0.2, -0.15) is 0 Å². The molecule has 0 saturated carbocycles. The first-order valence-corrected chi connectivity index (χ1v) is 4.10. The summed E-state index contributed by atoms with van der Waals surface area (Å²) in [5.41, 5.74) is 1.01. The van der Waals surface area contributed by atoms with Crippen molar-refractivity contribution in [3.05, 3.63) is 35.4 Å². The molecule has 0 spiro atoms. The predicted molar refractivity (Wildman–Crippen MR) is 50.6 cm³/mol. The third-order valence-electron chi connectivity index (χ3n) is 1.85. The van der Waals surface area contributed by atoms with Crippen LogP contribution in [-0.2, 0) is 4.79 Å². The molecule has 4 heteroatoms. The van der Waals surface area contributed by atoms with Crippen LogP contribution in [0, 0.1) is 0 Å². The Bertz CT molecular complexity index is 425. The molecule has 0 fully saturated rings. The van der Waals surface area contributed by atoms with Crippen LogP contribution >= 0.6 is 12.2 Å². The van der Waals surface area contributed by atoms with Crippen LogP contribution in [0.25, 0.3) is 0 Å². The smallest absolute Gasteiger partial charge is 0.269 e. The molecule has 1 heterocycles. The van der Waals surface area contributed by atoms with E-state index < -0.39 is 5.91 Å². The lowest BCUT2D eigenvalue weighted by molar-refractivity contribution is -0.113. The Labute approximate surface area is 79.8 Å². The Hall–Kier alpha value is -1.55. The van der Waals surface area contributed by atoms with Crippen molar-refractivity contribution in [2.75, 3.05) is 0 Å². The van der Waals surface area contributed by atoms with Gasteiger partial charge in [0.25, 0.3) is 11.8 Å². The van der Waals surface area contributed by atoms with E-state index in [0.29, 0.717) is 11.1 Å². The van der Waals surface area contributed by atoms with Crippen LogP contribution in [0.5, 0.6) is 0 Å². The molecule has 1 aliphatic heterocycles. The van der Waals surface area contributed by atoms with Crippen LogP contribution in [0.3, 0.4) is 0 Å². The first-order valence-electron chi connectivity index (χ1n) is 3.69. The Morgan fingerprint density at radius 1 is 1.00 bits per heavy atom. The lowest BCUT2D eigenvalue weighted by Crippen LogP contribution is -2.41. The second kappa shape index (κ2) is 2.74. The topological polar surface area (TPSA) is 46.2 Å². The Balaban J connectivity index is 2.67. The first kappa shape index (κ1) is 8.07. The molecule has 13 heavy (non-hydrogen) atoms. The van der Waals surface area contributed by atoms with Crippen LogP contribution in [0.4, 0.5) is 0 Å². The molecule has 2 rings (SSSR count). The van der Waals surface area contributed by atoms with Crippen molar-refractivity contribution in [2.45, 2.75) is 0 Å². The number of imide groups is 1. The van der Waals surface area contributed by atoms with E-state index in [2.05, 4.69) is 5.32 Å². The van der Waals surface area contributed by atoms with Crippen molar-refractivity contribution in [1.82, 2.24) is 5.32 Å². The summed E-state index contributed by atoms with van der Waals surface area (Å²) in [6.07, 6.45) is 0. The lowest BCUT2D eigenvalue weighted by Gasteiger charge is -2.14. The molecule has 3 nitrogen and oxygen atoms in total. The van der Waals surface area contributed by atoms with Gasteiger partial charge in [-0.25, -0.2) is 0 Å². The van der Waals surface area contributed by atoms with Crippen LogP contribution in [0.1, 0.15) is 15.9 Å². The van der Waals surface area contributed by atoms with E-state index >= 15 is 0 Å². The number of carbonyl (C=O) groups is 2. The summed E-state index contributed by atoms with van der Waals surface area (Å²) in [5, 5.41) is 2.17. The standard InChI is InChI=1S/C9H5NO2S/c11-8-6-4-2-1-3-5(6)7(13)9(12)10-8/h1-4H,(H,10,11,12). The number of amides is 2. The number of hydrogen-bond donors (Lipinski definition) is 1. The summed E-state index contributed by atoms with van der Waals surface area (Å²) in [7, 11) is 0. The summed E-state index contributed by atoms with van der Waals surface area (Å²) >= 11 is 4.87. The highest BCUT2D eigenvalue weighted by Gasteiger charge is 2.26. The fourth-order valence-corrected chi connectivity index (χ4v) is 1.46. The zero-order valence-electron chi connectivity index (χ0n) is 6.53. The van der Waals surface area contributed by atoms with E-state index in [4.69, 9.17) is 12.2 Å². The third-order valence-corrected chi connectivity index (χ3v) is 2.25. The Morgan fingerprint density at radius 2 is 1.62 bits per heavy atom. The highest BCUT2D eigenvalue weighted by atomic mass is 32.1. The molecule has 0 aliphatic carbocycles. The van der Waals surface area contributed by atoms with E-state index in [-0.39, 0.29) is 10.8 Å². The molecule has 2 amide bonds. The van der Waals surface area contributed by atoms with Crippen LogP contribution in [0.2, 0.25) is 0 Å². The molecule has 0 radical (unpaired) electrons. The van der Waals surface area contributed by atoms with Crippen molar-refractivity contribution in [2.24, 2.45) is 0 Å². The number of rotatable bonds is 0. The van der Waals surface area contributed by atoms with Crippen molar-refractivity contribution >= 4 is 28.9 Å². The van der Waals surface area contributed by atoms with Crippen molar-refractivity contribution in [1.29, 1.82) is 0 Å². The first-order chi connectivity index (χ1) is 6.20. The summed E-state index contributed by atoms with van der Waals surface area (Å²) in [6.45, 7) is 0. The fourth-order valence-electron chi connectivity index (χ4n) is 1.23. The van der Waals surface area contributed by atoms with Gasteiger partial charge < -0.3 is 0 Å². The van der Waals surface area contributed by atoms with Crippen molar-refractivity contribution < 1.29 is 9.59 Å². The number of nitrogens with one attached hydrogen (secondary N) is 1. The minimum absolute atomic E-state index is 0.176. The molecule has 64 valence electrons. The van der Waals surface area contributed by atoms with Crippen LogP contribution < -0.4 is 5.32 Å². The van der Waals surface area contributed by atoms with Gasteiger partial charge in [-0.05, 0) is 6.07 Å². The van der Waals surface area contributed by atoms with E-state index in [1.165, 1.54) is 0 Å². The molecule has 0 unspecified atom stereocenters. The number of carbonyl (C=O) groups excluding carboxylic acids is 2. The third kappa shape index (κ3) is 1.15. The normalized spacial score (nSPS) is 15.2. The average molecular weight is 191 g/mol. The summed E-state index contributed by atoms with van der Waals surface area (Å²) in [5.74, 6) is -0.868. The van der Waals surface area contributed by atoms with Gasteiger partial charge in [-0.15, -0.1) is 0 Å². The monoisotopic (exact) mass is 191 g/mol. The molecule has 1 aromatic rings. The van der Waals surface area contributed by atoms with Gasteiger partial charge in [0.05, 0.1) is 0 Å². The van der Waals surface area contributed by atoms with Crippen LogP contribution in [0.15, 0.2) is 24.3 Å². The molecule has 1 N–H and O–H groups in total. The summed E-state index contributed by atoms with van der Waals surface area (Å²) in [6, 6.07) is 6.80. The molecule has 0 bridgehead atoms. The zero-order chi connectivity index (χ0) is 9.42. The largest absolute Gasteiger partial charge is 0.287 e. The van der Waals surface area contributed by atoms with Gasteiger partial charge in [0.2, 0.25) is 0 Å². The quantitative estimate of drug-likeness (QED) is 0.484. The Kier molecular flexibility index (Phi) is 1.70. The van der Waals surface area contributed by atoms with Crippen LogP contribution in [-0.4, -0.2) is 16.7 Å². The summed E-state index contributed by atoms with van der Waals surface area (Å²) in [4.78, 5) is 22.5. The molecular weight excluding hydrogens is 186 g/mol. The molecule has 1 aromatic carbocycles. The fraction of sp³-hybridized carbons (Fsp3) is 0. The maximum absolute atomic E-state index is 11.2. The minimum Gasteiger partial charge on any atom is -0.287 e. The SMILES string of the molecule is O=C1NC(=O)c2ccccc2C1=S. The molecule has 0 aromatic heterocycles. The zero-order valence-corrected chi connectivity index (χ0v) is 7.35. The van der Waals surface area contributed by atoms with Gasteiger partial charge in [0.15, 0.2) is 0 Å². The van der Waals surface area contributed by atoms with E-state index in [1.54, 1.807) is 24.3 Å². The number of hydrogen-bond acceptors (Lipinski definition) is 3. The maximum atomic E-state index is 11.2. The average Bonchev–Trinajstić information content (AvgIpc) is 2.15.